The lowest BCUT2D eigenvalue weighted by atomic mass is 10.2. The second kappa shape index (κ2) is 4.26. The summed E-state index contributed by atoms with van der Waals surface area (Å²) in [6, 6.07) is 11.5. The number of rotatable bonds is 3. The van der Waals surface area contributed by atoms with Crippen LogP contribution in [0.25, 0.3) is 5.69 Å². The van der Waals surface area contributed by atoms with Crippen LogP contribution in [0.4, 0.5) is 0 Å². The van der Waals surface area contributed by atoms with Crippen LogP contribution in [0.3, 0.4) is 0 Å². The van der Waals surface area contributed by atoms with Gasteiger partial charge in [-0.15, -0.1) is 0 Å². The first kappa shape index (κ1) is 11.7. The molecule has 0 fully saturated rings. The maximum Gasteiger partial charge on any atom is 0.139 e. The molecule has 0 aliphatic carbocycles. The Balaban J connectivity index is 2.41. The summed E-state index contributed by atoms with van der Waals surface area (Å²) < 4.78 is 2.90. The number of aromatic hydroxyl groups is 1. The fourth-order valence-electron chi connectivity index (χ4n) is 1.93. The maximum absolute atomic E-state index is 9.88. The Bertz CT molecular complexity index is 509. The van der Waals surface area contributed by atoms with Gasteiger partial charge in [0.15, 0.2) is 0 Å². The van der Waals surface area contributed by atoms with Gasteiger partial charge in [-0.05, 0) is 24.3 Å². The van der Waals surface area contributed by atoms with Crippen molar-refractivity contribution in [1.29, 1.82) is 0 Å². The minimum absolute atomic E-state index is 0.311. The summed E-state index contributed by atoms with van der Waals surface area (Å²) in [7, 11) is 6.46. The molecule has 0 bridgehead atoms. The first-order valence-corrected chi connectivity index (χ1v) is 5.72. The van der Waals surface area contributed by atoms with Gasteiger partial charge in [0.05, 0.1) is 32.5 Å². The molecule has 0 unspecified atom stereocenters. The Morgan fingerprint density at radius 3 is 2.41 bits per heavy atom. The number of hydrogen-bond acceptors (Lipinski definition) is 1. The van der Waals surface area contributed by atoms with Gasteiger partial charge in [0, 0.05) is 6.20 Å². The predicted octanol–water partition coefficient (Wildman–Crippen LogP) is 2.39. The van der Waals surface area contributed by atoms with Gasteiger partial charge in [0.2, 0.25) is 0 Å². The van der Waals surface area contributed by atoms with Crippen LogP contribution in [0.15, 0.2) is 42.6 Å². The van der Waals surface area contributed by atoms with Gasteiger partial charge in [0.1, 0.15) is 12.3 Å². The summed E-state index contributed by atoms with van der Waals surface area (Å²) in [5.41, 5.74) is 2.03. The topological polar surface area (TPSA) is 25.2 Å². The summed E-state index contributed by atoms with van der Waals surface area (Å²) in [5.74, 6) is 0.311. The average molecular weight is 231 g/mol. The zero-order valence-corrected chi connectivity index (χ0v) is 10.6. The molecule has 0 aliphatic rings. The SMILES string of the molecule is C[N+](C)(C)Cc1cccn1-c1ccccc1O. The van der Waals surface area contributed by atoms with E-state index in [9.17, 15) is 5.11 Å². The van der Waals surface area contributed by atoms with Crippen LogP contribution in [0.2, 0.25) is 0 Å². The largest absolute Gasteiger partial charge is 0.506 e. The van der Waals surface area contributed by atoms with E-state index in [0.717, 1.165) is 16.7 Å². The number of phenols is 1. The highest BCUT2D eigenvalue weighted by molar-refractivity contribution is 5.46. The van der Waals surface area contributed by atoms with E-state index in [-0.39, 0.29) is 0 Å². The number of hydrogen-bond donors (Lipinski definition) is 1. The third-order valence-electron chi connectivity index (χ3n) is 2.61. The molecule has 0 amide bonds. The second-order valence-electron chi connectivity index (χ2n) is 5.31. The molecule has 1 aromatic heterocycles. The van der Waals surface area contributed by atoms with Crippen molar-refractivity contribution < 1.29 is 9.59 Å². The van der Waals surface area contributed by atoms with Gasteiger partial charge in [-0.25, -0.2) is 0 Å². The van der Waals surface area contributed by atoms with Crippen LogP contribution in [0.1, 0.15) is 5.69 Å². The van der Waals surface area contributed by atoms with Gasteiger partial charge in [0.25, 0.3) is 0 Å². The van der Waals surface area contributed by atoms with Gasteiger partial charge >= 0.3 is 0 Å². The third-order valence-corrected chi connectivity index (χ3v) is 2.61. The van der Waals surface area contributed by atoms with Crippen molar-refractivity contribution >= 4 is 0 Å². The molecular formula is C14H19N2O+. The van der Waals surface area contributed by atoms with Crippen molar-refractivity contribution in [3.8, 4) is 11.4 Å². The smallest absolute Gasteiger partial charge is 0.139 e. The Morgan fingerprint density at radius 2 is 1.76 bits per heavy atom. The van der Waals surface area contributed by atoms with Crippen LogP contribution in [-0.2, 0) is 6.54 Å². The van der Waals surface area contributed by atoms with Crippen molar-refractivity contribution in [1.82, 2.24) is 4.57 Å². The van der Waals surface area contributed by atoms with E-state index in [0.29, 0.717) is 5.75 Å². The Labute approximate surface area is 102 Å². The molecule has 0 saturated carbocycles. The predicted molar refractivity (Wildman–Crippen MR) is 69.2 cm³/mol. The summed E-state index contributed by atoms with van der Waals surface area (Å²) in [6.07, 6.45) is 1.99. The summed E-state index contributed by atoms with van der Waals surface area (Å²) in [4.78, 5) is 0. The van der Waals surface area contributed by atoms with E-state index in [1.165, 1.54) is 5.69 Å². The van der Waals surface area contributed by atoms with E-state index < -0.39 is 0 Å². The lowest BCUT2D eigenvalue weighted by Crippen LogP contribution is -2.34. The maximum atomic E-state index is 9.88. The molecule has 0 atom stereocenters. The first-order chi connectivity index (χ1) is 7.97. The highest BCUT2D eigenvalue weighted by atomic mass is 16.3. The van der Waals surface area contributed by atoms with Gasteiger partial charge in [-0.1, -0.05) is 12.1 Å². The lowest BCUT2D eigenvalue weighted by molar-refractivity contribution is -0.884. The van der Waals surface area contributed by atoms with Crippen LogP contribution < -0.4 is 0 Å². The fraction of sp³-hybridized carbons (Fsp3) is 0.286. The van der Waals surface area contributed by atoms with Crippen molar-refractivity contribution in [2.24, 2.45) is 0 Å². The van der Waals surface area contributed by atoms with E-state index in [2.05, 4.69) is 27.2 Å². The van der Waals surface area contributed by atoms with Crippen molar-refractivity contribution in [3.63, 3.8) is 0 Å². The molecule has 90 valence electrons. The van der Waals surface area contributed by atoms with E-state index in [4.69, 9.17) is 0 Å². The van der Waals surface area contributed by atoms with Crippen LogP contribution in [0.5, 0.6) is 5.75 Å². The molecule has 1 N–H and O–H groups in total. The quantitative estimate of drug-likeness (QED) is 0.806. The molecule has 2 aromatic rings. The average Bonchev–Trinajstić information content (AvgIpc) is 2.64. The molecule has 2 rings (SSSR count). The van der Waals surface area contributed by atoms with Crippen molar-refractivity contribution in [3.05, 3.63) is 48.3 Å². The molecular weight excluding hydrogens is 212 g/mol. The number of para-hydroxylation sites is 2. The molecule has 0 spiro atoms. The Hall–Kier alpha value is -1.74. The summed E-state index contributed by atoms with van der Waals surface area (Å²) in [6.45, 7) is 0.918. The van der Waals surface area contributed by atoms with E-state index in [1.807, 2.05) is 35.0 Å². The fourth-order valence-corrected chi connectivity index (χ4v) is 1.93. The van der Waals surface area contributed by atoms with E-state index in [1.54, 1.807) is 6.07 Å². The standard InChI is InChI=1S/C14H18N2O/c1-16(2,3)11-12-7-6-10-15(12)13-8-4-5-9-14(13)17/h4-10H,11H2,1-3H3/p+1. The van der Waals surface area contributed by atoms with Crippen LogP contribution in [-0.4, -0.2) is 35.3 Å². The van der Waals surface area contributed by atoms with Crippen LogP contribution >= 0.6 is 0 Å². The number of benzene rings is 1. The monoisotopic (exact) mass is 231 g/mol. The lowest BCUT2D eigenvalue weighted by Gasteiger charge is -2.24. The zero-order valence-electron chi connectivity index (χ0n) is 10.6. The van der Waals surface area contributed by atoms with Gasteiger partial charge in [-0.2, -0.15) is 0 Å². The zero-order chi connectivity index (χ0) is 12.5. The molecule has 3 nitrogen and oxygen atoms in total. The van der Waals surface area contributed by atoms with Gasteiger partial charge < -0.3 is 14.2 Å². The van der Waals surface area contributed by atoms with E-state index >= 15 is 0 Å². The molecule has 0 saturated heterocycles. The first-order valence-electron chi connectivity index (χ1n) is 5.72. The van der Waals surface area contributed by atoms with Gasteiger partial charge in [-0.3, -0.25) is 0 Å². The number of phenolic OH excluding ortho intramolecular Hbond substituents is 1. The number of aromatic nitrogens is 1. The number of nitrogens with zero attached hydrogens (tertiary/aromatic N) is 2. The molecule has 17 heavy (non-hydrogen) atoms. The second-order valence-corrected chi connectivity index (χ2v) is 5.31. The van der Waals surface area contributed by atoms with Crippen molar-refractivity contribution in [2.75, 3.05) is 21.1 Å². The van der Waals surface area contributed by atoms with Crippen LogP contribution in [0, 0.1) is 0 Å². The molecule has 0 radical (unpaired) electrons. The molecule has 0 aliphatic heterocycles. The minimum Gasteiger partial charge on any atom is -0.506 e. The summed E-state index contributed by atoms with van der Waals surface area (Å²) >= 11 is 0. The highest BCUT2D eigenvalue weighted by Crippen LogP contribution is 2.23. The molecule has 1 heterocycles. The Kier molecular flexibility index (Phi) is 2.94. The Morgan fingerprint density at radius 1 is 1.06 bits per heavy atom. The minimum atomic E-state index is 0.311. The third kappa shape index (κ3) is 2.68. The molecule has 3 heteroatoms. The molecule has 1 aromatic carbocycles. The number of quaternary nitrogens is 1. The summed E-state index contributed by atoms with van der Waals surface area (Å²) in [5, 5.41) is 9.88. The normalized spacial score (nSPS) is 11.7. The highest BCUT2D eigenvalue weighted by Gasteiger charge is 2.14. The van der Waals surface area contributed by atoms with Crippen molar-refractivity contribution in [2.45, 2.75) is 6.54 Å².